The van der Waals surface area contributed by atoms with Gasteiger partial charge in [0.15, 0.2) is 0 Å². The van der Waals surface area contributed by atoms with Crippen molar-refractivity contribution in [3.63, 3.8) is 0 Å². The summed E-state index contributed by atoms with van der Waals surface area (Å²) in [5.41, 5.74) is 1.18. The molecule has 1 unspecified atom stereocenters. The number of hydrogen-bond donors (Lipinski definition) is 2. The van der Waals surface area contributed by atoms with Crippen molar-refractivity contribution in [1.82, 2.24) is 10.2 Å². The number of nitrogens with zero attached hydrogens (tertiary/aromatic N) is 1. The van der Waals surface area contributed by atoms with Crippen molar-refractivity contribution in [3.8, 4) is 5.75 Å². The molecule has 1 aliphatic rings. The van der Waals surface area contributed by atoms with Crippen LogP contribution < -0.4 is 5.32 Å². The molecule has 120 valence electrons. The third kappa shape index (κ3) is 3.63. The summed E-state index contributed by atoms with van der Waals surface area (Å²) in [6.45, 7) is 4.26. The molecule has 0 aliphatic carbocycles. The molecule has 0 bridgehead atoms. The van der Waals surface area contributed by atoms with Gasteiger partial charge in [-0.15, -0.1) is 0 Å². The quantitative estimate of drug-likeness (QED) is 0.807. The highest BCUT2D eigenvalue weighted by Crippen LogP contribution is 2.28. The Labute approximate surface area is 130 Å². The van der Waals surface area contributed by atoms with E-state index >= 15 is 0 Å². The van der Waals surface area contributed by atoms with Crippen molar-refractivity contribution in [1.29, 1.82) is 0 Å². The first-order chi connectivity index (χ1) is 10.6. The van der Waals surface area contributed by atoms with Gasteiger partial charge in [-0.25, -0.2) is 0 Å². The van der Waals surface area contributed by atoms with Gasteiger partial charge in [0.25, 0.3) is 5.91 Å². The summed E-state index contributed by atoms with van der Waals surface area (Å²) in [5, 5.41) is 12.0. The molecule has 0 radical (unpaired) electrons. The maximum atomic E-state index is 12.3. The smallest absolute Gasteiger partial charge is 0.255 e. The zero-order valence-corrected chi connectivity index (χ0v) is 13.1. The Morgan fingerprint density at radius 1 is 1.45 bits per heavy atom. The van der Waals surface area contributed by atoms with Gasteiger partial charge >= 0.3 is 0 Å². The normalized spacial score (nSPS) is 13.8. The molecule has 0 saturated carbocycles. The Kier molecular flexibility index (Phi) is 6.56. The molecule has 6 nitrogen and oxygen atoms in total. The van der Waals surface area contributed by atoms with Gasteiger partial charge in [-0.3, -0.25) is 9.59 Å². The molecule has 0 aromatic heterocycles. The number of carbonyl (C=O) groups is 3. The van der Waals surface area contributed by atoms with Gasteiger partial charge in [0.2, 0.25) is 5.91 Å². The van der Waals surface area contributed by atoms with Crippen molar-refractivity contribution >= 4 is 18.1 Å². The highest BCUT2D eigenvalue weighted by atomic mass is 16.3. The van der Waals surface area contributed by atoms with E-state index in [1.165, 1.54) is 24.1 Å². The van der Waals surface area contributed by atoms with E-state index in [0.29, 0.717) is 11.1 Å². The van der Waals surface area contributed by atoms with E-state index < -0.39 is 6.04 Å². The van der Waals surface area contributed by atoms with Crippen LogP contribution in [0.2, 0.25) is 0 Å². The molecule has 2 rings (SSSR count). The molecular formula is C16H22N2O4. The predicted molar refractivity (Wildman–Crippen MR) is 82.5 cm³/mol. The third-order valence-electron chi connectivity index (χ3n) is 3.40. The lowest BCUT2D eigenvalue weighted by molar-refractivity contribution is -0.125. The van der Waals surface area contributed by atoms with Crippen LogP contribution in [0.25, 0.3) is 0 Å². The first kappa shape index (κ1) is 17.7. The van der Waals surface area contributed by atoms with Crippen LogP contribution in [0.1, 0.15) is 42.6 Å². The zero-order chi connectivity index (χ0) is 16.7. The van der Waals surface area contributed by atoms with Crippen LogP contribution in [0.3, 0.4) is 0 Å². The van der Waals surface area contributed by atoms with Crippen molar-refractivity contribution in [2.75, 3.05) is 7.05 Å². The van der Waals surface area contributed by atoms with E-state index in [4.69, 9.17) is 0 Å². The Bertz CT molecular complexity index is 557. The van der Waals surface area contributed by atoms with Crippen LogP contribution >= 0.6 is 0 Å². The Morgan fingerprint density at radius 2 is 2.14 bits per heavy atom. The number of amides is 2. The number of likely N-dealkylation sites (N-methyl/N-ethyl adjacent to an activating group) is 1. The molecule has 6 heteroatoms. The summed E-state index contributed by atoms with van der Waals surface area (Å²) in [6.07, 6.45) is 1.23. The highest BCUT2D eigenvalue weighted by Gasteiger charge is 2.35. The summed E-state index contributed by atoms with van der Waals surface area (Å²) >= 11 is 0. The molecule has 1 aromatic rings. The van der Waals surface area contributed by atoms with Gasteiger partial charge in [0.1, 0.15) is 18.1 Å². The topological polar surface area (TPSA) is 86.7 Å². The molecule has 2 amide bonds. The summed E-state index contributed by atoms with van der Waals surface area (Å²) < 4.78 is 0. The average Bonchev–Trinajstić information content (AvgIpc) is 2.85. The molecule has 0 fully saturated rings. The van der Waals surface area contributed by atoms with Crippen LogP contribution in [0, 0.1) is 0 Å². The Hall–Kier alpha value is -2.37. The molecule has 1 aliphatic heterocycles. The fraction of sp³-hybridized carbons (Fsp3) is 0.438. The summed E-state index contributed by atoms with van der Waals surface area (Å²) in [4.78, 5) is 36.2. The van der Waals surface area contributed by atoms with Crippen molar-refractivity contribution in [2.24, 2.45) is 0 Å². The Morgan fingerprint density at radius 3 is 2.73 bits per heavy atom. The van der Waals surface area contributed by atoms with Crippen molar-refractivity contribution in [2.45, 2.75) is 39.3 Å². The second-order valence-electron chi connectivity index (χ2n) is 4.65. The number of benzene rings is 1. The van der Waals surface area contributed by atoms with Gasteiger partial charge in [-0.05, 0) is 30.2 Å². The van der Waals surface area contributed by atoms with Crippen LogP contribution in [0.4, 0.5) is 0 Å². The van der Waals surface area contributed by atoms with E-state index in [1.807, 2.05) is 13.8 Å². The lowest BCUT2D eigenvalue weighted by atomic mass is 10.1. The van der Waals surface area contributed by atoms with E-state index in [0.717, 1.165) is 6.29 Å². The average molecular weight is 306 g/mol. The first-order valence-corrected chi connectivity index (χ1v) is 7.36. The molecule has 1 heterocycles. The number of nitrogens with one attached hydrogen (secondary N) is 1. The number of carbonyl (C=O) groups excluding carboxylic acids is 3. The van der Waals surface area contributed by atoms with Gasteiger partial charge in [0.05, 0.1) is 0 Å². The largest absolute Gasteiger partial charge is 0.508 e. The van der Waals surface area contributed by atoms with E-state index in [2.05, 4.69) is 5.32 Å². The van der Waals surface area contributed by atoms with Gasteiger partial charge in [-0.2, -0.15) is 0 Å². The standard InChI is InChI=1S/C14H16N2O4.C2H6/c1-15-13(19)12(3-2-6-17)16-8-9-7-10(18)4-5-11(9)14(16)20;1-2/h4-7,12,18H,2-3,8H2,1H3,(H,15,19);1-2H3. The maximum Gasteiger partial charge on any atom is 0.255 e. The molecule has 22 heavy (non-hydrogen) atoms. The fourth-order valence-electron chi connectivity index (χ4n) is 2.40. The maximum absolute atomic E-state index is 12.3. The number of phenolic OH excluding ortho intramolecular Hbond substituents is 1. The van der Waals surface area contributed by atoms with Gasteiger partial charge in [-0.1, -0.05) is 13.8 Å². The van der Waals surface area contributed by atoms with E-state index in [-0.39, 0.29) is 37.0 Å². The minimum absolute atomic E-state index is 0.0859. The second-order valence-corrected chi connectivity index (χ2v) is 4.65. The molecule has 1 atom stereocenters. The van der Waals surface area contributed by atoms with Crippen LogP contribution in [-0.4, -0.2) is 41.2 Å². The number of rotatable bonds is 5. The van der Waals surface area contributed by atoms with Crippen LogP contribution in [0.15, 0.2) is 18.2 Å². The predicted octanol–water partition coefficient (Wildman–Crippen LogP) is 1.47. The number of fused-ring (bicyclic) bond motifs is 1. The molecular weight excluding hydrogens is 284 g/mol. The van der Waals surface area contributed by atoms with Crippen LogP contribution in [-0.2, 0) is 16.1 Å². The fourth-order valence-corrected chi connectivity index (χ4v) is 2.40. The molecule has 2 N–H and O–H groups in total. The number of aldehydes is 1. The minimum atomic E-state index is -0.674. The minimum Gasteiger partial charge on any atom is -0.508 e. The SMILES string of the molecule is CC.CNC(=O)C(CCC=O)N1Cc2cc(O)ccc2C1=O. The van der Waals surface area contributed by atoms with Crippen molar-refractivity contribution < 1.29 is 19.5 Å². The number of aromatic hydroxyl groups is 1. The second kappa shape index (κ2) is 8.17. The summed E-state index contributed by atoms with van der Waals surface area (Å²) in [6, 6.07) is 3.84. The molecule has 0 saturated heterocycles. The summed E-state index contributed by atoms with van der Waals surface area (Å²) in [5.74, 6) is -0.459. The lowest BCUT2D eigenvalue weighted by Crippen LogP contribution is -2.46. The van der Waals surface area contributed by atoms with Crippen LogP contribution in [0.5, 0.6) is 5.75 Å². The van der Waals surface area contributed by atoms with E-state index in [1.54, 1.807) is 6.07 Å². The first-order valence-electron chi connectivity index (χ1n) is 7.36. The third-order valence-corrected chi connectivity index (χ3v) is 3.40. The number of hydrogen-bond acceptors (Lipinski definition) is 4. The molecule has 0 spiro atoms. The number of phenols is 1. The highest BCUT2D eigenvalue weighted by molar-refractivity contribution is 6.01. The monoisotopic (exact) mass is 306 g/mol. The van der Waals surface area contributed by atoms with Gasteiger partial charge < -0.3 is 20.1 Å². The van der Waals surface area contributed by atoms with Gasteiger partial charge in [0, 0.05) is 25.6 Å². The van der Waals surface area contributed by atoms with E-state index in [9.17, 15) is 19.5 Å². The Balaban J connectivity index is 0.00000116. The zero-order valence-electron chi connectivity index (χ0n) is 13.1. The lowest BCUT2D eigenvalue weighted by Gasteiger charge is -2.25. The molecule has 1 aromatic carbocycles. The van der Waals surface area contributed by atoms with Crippen molar-refractivity contribution in [3.05, 3.63) is 29.3 Å². The summed E-state index contributed by atoms with van der Waals surface area (Å²) in [7, 11) is 1.50.